The molecule has 0 bridgehead atoms. The first kappa shape index (κ1) is 20.9. The van der Waals surface area contributed by atoms with E-state index in [1.807, 2.05) is 0 Å². The van der Waals surface area contributed by atoms with Crippen LogP contribution < -0.4 is 0 Å². The predicted molar refractivity (Wildman–Crippen MR) is 111 cm³/mol. The minimum atomic E-state index is -3.83. The highest BCUT2D eigenvalue weighted by Crippen LogP contribution is 2.48. The van der Waals surface area contributed by atoms with Crippen molar-refractivity contribution in [3.63, 3.8) is 0 Å². The molecule has 6 nitrogen and oxygen atoms in total. The minimum Gasteiger partial charge on any atom is -0.481 e. The lowest BCUT2D eigenvalue weighted by atomic mass is 10.00. The molecule has 2 heterocycles. The SMILES string of the molecule is CS(=O)(=O)c1cc(F)cc2c1c(Sc1ccc(Cl)cc1)c1n2C(=O)CC1CC(=O)O. The second-order valence-corrected chi connectivity index (χ2v) is 10.6. The Bertz CT molecular complexity index is 1320. The molecule has 30 heavy (non-hydrogen) atoms. The van der Waals surface area contributed by atoms with Crippen LogP contribution in [0.3, 0.4) is 0 Å². The molecule has 0 saturated carbocycles. The number of carbonyl (C=O) groups excluding carboxylic acids is 1. The summed E-state index contributed by atoms with van der Waals surface area (Å²) >= 11 is 7.14. The number of benzene rings is 2. The van der Waals surface area contributed by atoms with E-state index < -0.39 is 33.4 Å². The van der Waals surface area contributed by atoms with E-state index in [1.165, 1.54) is 16.3 Å². The number of nitrogens with zero attached hydrogens (tertiary/aromatic N) is 1. The first-order valence-electron chi connectivity index (χ1n) is 8.82. The molecular weight excluding hydrogens is 453 g/mol. The average Bonchev–Trinajstić information content (AvgIpc) is 3.11. The fraction of sp³-hybridized carbons (Fsp3) is 0.200. The number of carbonyl (C=O) groups is 2. The van der Waals surface area contributed by atoms with Gasteiger partial charge in [-0.3, -0.25) is 14.2 Å². The molecule has 4 rings (SSSR count). The molecule has 0 radical (unpaired) electrons. The molecule has 1 aliphatic rings. The molecule has 1 atom stereocenters. The van der Waals surface area contributed by atoms with Gasteiger partial charge in [0.1, 0.15) is 5.82 Å². The van der Waals surface area contributed by atoms with Crippen molar-refractivity contribution in [1.82, 2.24) is 4.57 Å². The molecule has 156 valence electrons. The Balaban J connectivity index is 2.07. The van der Waals surface area contributed by atoms with Gasteiger partial charge in [-0.15, -0.1) is 0 Å². The van der Waals surface area contributed by atoms with Gasteiger partial charge in [0.15, 0.2) is 9.84 Å². The van der Waals surface area contributed by atoms with Crippen molar-refractivity contribution in [1.29, 1.82) is 0 Å². The molecule has 1 aromatic heterocycles. The Labute approximate surface area is 180 Å². The van der Waals surface area contributed by atoms with E-state index in [4.69, 9.17) is 11.6 Å². The Kier molecular flexibility index (Phi) is 5.16. The number of fused-ring (bicyclic) bond motifs is 3. The summed E-state index contributed by atoms with van der Waals surface area (Å²) in [5, 5.41) is 10.0. The van der Waals surface area contributed by atoms with Crippen LogP contribution >= 0.6 is 23.4 Å². The van der Waals surface area contributed by atoms with Gasteiger partial charge in [0.05, 0.1) is 16.8 Å². The molecule has 0 saturated heterocycles. The number of halogens is 2. The molecule has 10 heteroatoms. The van der Waals surface area contributed by atoms with Crippen LogP contribution in [-0.2, 0) is 14.6 Å². The maximum atomic E-state index is 14.3. The summed E-state index contributed by atoms with van der Waals surface area (Å²) in [6.45, 7) is 0. The maximum Gasteiger partial charge on any atom is 0.304 e. The lowest BCUT2D eigenvalue weighted by Gasteiger charge is -2.11. The van der Waals surface area contributed by atoms with Gasteiger partial charge in [-0.1, -0.05) is 23.4 Å². The number of carboxylic acid groups (broad SMARTS) is 1. The normalized spacial score (nSPS) is 16.2. The summed E-state index contributed by atoms with van der Waals surface area (Å²) in [7, 11) is -3.83. The van der Waals surface area contributed by atoms with Crippen LogP contribution in [0.2, 0.25) is 5.02 Å². The highest BCUT2D eigenvalue weighted by Gasteiger charge is 2.38. The van der Waals surface area contributed by atoms with Crippen LogP contribution in [0.25, 0.3) is 10.9 Å². The number of carboxylic acids is 1. The van der Waals surface area contributed by atoms with Crippen molar-refractivity contribution >= 4 is 56.0 Å². The van der Waals surface area contributed by atoms with Crippen LogP contribution in [0.15, 0.2) is 51.1 Å². The number of aliphatic carboxylic acids is 1. The first-order chi connectivity index (χ1) is 14.1. The Morgan fingerprint density at radius 2 is 1.97 bits per heavy atom. The zero-order valence-electron chi connectivity index (χ0n) is 15.6. The number of aromatic nitrogens is 1. The average molecular weight is 468 g/mol. The number of hydrogen-bond acceptors (Lipinski definition) is 5. The summed E-state index contributed by atoms with van der Waals surface area (Å²) < 4.78 is 40.4. The fourth-order valence-electron chi connectivity index (χ4n) is 3.76. The summed E-state index contributed by atoms with van der Waals surface area (Å²) in [5.74, 6) is -2.91. The highest BCUT2D eigenvalue weighted by molar-refractivity contribution is 7.99. The summed E-state index contributed by atoms with van der Waals surface area (Å²) in [4.78, 5) is 25.0. The van der Waals surface area contributed by atoms with E-state index in [2.05, 4.69) is 0 Å². The topological polar surface area (TPSA) is 93.4 Å². The van der Waals surface area contributed by atoms with E-state index in [0.29, 0.717) is 20.5 Å². The molecule has 0 amide bonds. The molecule has 1 N–H and O–H groups in total. The minimum absolute atomic E-state index is 0.0452. The summed E-state index contributed by atoms with van der Waals surface area (Å²) in [6, 6.07) is 8.83. The summed E-state index contributed by atoms with van der Waals surface area (Å²) in [6.07, 6.45) is 0.626. The number of hydrogen-bond donors (Lipinski definition) is 1. The molecular formula is C20H15ClFNO5S2. The number of sulfone groups is 1. The van der Waals surface area contributed by atoms with Crippen LogP contribution in [-0.4, -0.2) is 36.2 Å². The Morgan fingerprint density at radius 3 is 2.57 bits per heavy atom. The predicted octanol–water partition coefficient (Wildman–Crippen LogP) is 4.59. The van der Waals surface area contributed by atoms with Gasteiger partial charge in [0, 0.05) is 44.5 Å². The van der Waals surface area contributed by atoms with Crippen molar-refractivity contribution in [3.8, 4) is 0 Å². The van der Waals surface area contributed by atoms with Crippen molar-refractivity contribution in [2.45, 2.75) is 33.4 Å². The van der Waals surface area contributed by atoms with Crippen molar-refractivity contribution in [3.05, 3.63) is 52.9 Å². The van der Waals surface area contributed by atoms with E-state index >= 15 is 0 Å². The zero-order valence-corrected chi connectivity index (χ0v) is 17.9. The standard InChI is InChI=1S/C20H15ClFNO5S2/c1-30(27,28)15-9-12(22)8-14-18(15)20(29-13-4-2-11(21)3-5-13)19-10(7-17(25)26)6-16(24)23(14)19/h2-5,8-10H,6-7H2,1H3,(H,25,26). The third-order valence-electron chi connectivity index (χ3n) is 4.90. The van der Waals surface area contributed by atoms with Crippen LogP contribution in [0.4, 0.5) is 4.39 Å². The van der Waals surface area contributed by atoms with Gasteiger partial charge in [-0.2, -0.15) is 0 Å². The second kappa shape index (κ2) is 7.40. The zero-order chi connectivity index (χ0) is 21.8. The largest absolute Gasteiger partial charge is 0.481 e. The van der Waals surface area contributed by atoms with Crippen LogP contribution in [0.5, 0.6) is 0 Å². The van der Waals surface area contributed by atoms with Gasteiger partial charge in [-0.25, -0.2) is 12.8 Å². The van der Waals surface area contributed by atoms with E-state index in [-0.39, 0.29) is 28.6 Å². The molecule has 0 spiro atoms. The van der Waals surface area contributed by atoms with Gasteiger partial charge in [0.2, 0.25) is 5.91 Å². The lowest BCUT2D eigenvalue weighted by Crippen LogP contribution is -2.05. The van der Waals surface area contributed by atoms with E-state index in [0.717, 1.165) is 18.4 Å². The Morgan fingerprint density at radius 1 is 1.30 bits per heavy atom. The van der Waals surface area contributed by atoms with Crippen LogP contribution in [0, 0.1) is 5.82 Å². The fourth-order valence-corrected chi connectivity index (χ4v) is 6.04. The highest BCUT2D eigenvalue weighted by atomic mass is 35.5. The molecule has 1 unspecified atom stereocenters. The molecule has 2 aromatic carbocycles. The first-order valence-corrected chi connectivity index (χ1v) is 11.9. The maximum absolute atomic E-state index is 14.3. The van der Waals surface area contributed by atoms with Crippen LogP contribution in [0.1, 0.15) is 29.2 Å². The lowest BCUT2D eigenvalue weighted by molar-refractivity contribution is -0.137. The van der Waals surface area contributed by atoms with E-state index in [9.17, 15) is 27.5 Å². The van der Waals surface area contributed by atoms with Gasteiger partial charge in [0.25, 0.3) is 0 Å². The van der Waals surface area contributed by atoms with Crippen molar-refractivity contribution in [2.24, 2.45) is 0 Å². The summed E-state index contributed by atoms with van der Waals surface area (Å²) in [5.41, 5.74) is 0.521. The second-order valence-electron chi connectivity index (χ2n) is 7.07. The molecule has 3 aromatic rings. The van der Waals surface area contributed by atoms with Crippen molar-refractivity contribution in [2.75, 3.05) is 6.26 Å². The Hall–Kier alpha value is -2.36. The molecule has 0 aliphatic carbocycles. The molecule has 1 aliphatic heterocycles. The third kappa shape index (κ3) is 3.61. The third-order valence-corrected chi connectivity index (χ3v) is 7.40. The van der Waals surface area contributed by atoms with Gasteiger partial charge >= 0.3 is 5.97 Å². The quantitative estimate of drug-likeness (QED) is 0.589. The number of rotatable bonds is 5. The smallest absolute Gasteiger partial charge is 0.304 e. The van der Waals surface area contributed by atoms with Gasteiger partial charge in [-0.05, 0) is 36.4 Å². The van der Waals surface area contributed by atoms with E-state index in [1.54, 1.807) is 24.3 Å². The monoisotopic (exact) mass is 467 g/mol. The van der Waals surface area contributed by atoms with Gasteiger partial charge < -0.3 is 5.11 Å². The van der Waals surface area contributed by atoms with Crippen molar-refractivity contribution < 1.29 is 27.5 Å². The molecule has 0 fully saturated rings.